The number of sulfonamides is 1. The number of hydrogen-bond acceptors (Lipinski definition) is 4. The zero-order valence-electron chi connectivity index (χ0n) is 9.84. The zero-order valence-corrected chi connectivity index (χ0v) is 13.1. The van der Waals surface area contributed by atoms with Crippen LogP contribution in [0.5, 0.6) is 0 Å². The average Bonchev–Trinajstić information content (AvgIpc) is 2.75. The Balaban J connectivity index is 2.33. The Bertz CT molecular complexity index is 740. The third-order valence-electron chi connectivity index (χ3n) is 2.25. The summed E-state index contributed by atoms with van der Waals surface area (Å²) in [4.78, 5) is 0.366. The van der Waals surface area contributed by atoms with Gasteiger partial charge in [-0.25, -0.2) is 8.42 Å². The summed E-state index contributed by atoms with van der Waals surface area (Å²) in [5.74, 6) is 0. The minimum Gasteiger partial charge on any atom is -0.279 e. The Hall–Kier alpha value is -1.36. The fraction of sp³-hybridized carbons (Fsp3) is 0.0833. The largest absolute Gasteiger partial charge is 0.279 e. The zero-order chi connectivity index (χ0) is 14.0. The minimum absolute atomic E-state index is 0.127. The van der Waals surface area contributed by atoms with E-state index in [1.54, 1.807) is 12.1 Å². The van der Waals surface area contributed by atoms with E-state index >= 15 is 0 Å². The molecule has 4 nitrogen and oxygen atoms in total. The van der Waals surface area contributed by atoms with Crippen LogP contribution >= 0.6 is 27.3 Å². The third-order valence-corrected chi connectivity index (χ3v) is 5.57. The number of nitrogens with one attached hydrogen (secondary N) is 1. The van der Waals surface area contributed by atoms with Gasteiger partial charge >= 0.3 is 0 Å². The van der Waals surface area contributed by atoms with Gasteiger partial charge in [0.25, 0.3) is 10.0 Å². The molecular formula is C12H9BrN2O2S2. The van der Waals surface area contributed by atoms with E-state index < -0.39 is 10.0 Å². The van der Waals surface area contributed by atoms with Gasteiger partial charge < -0.3 is 0 Å². The van der Waals surface area contributed by atoms with E-state index in [9.17, 15) is 8.42 Å². The molecule has 19 heavy (non-hydrogen) atoms. The second-order valence-electron chi connectivity index (χ2n) is 3.85. The number of halogens is 1. The molecule has 0 aliphatic rings. The van der Waals surface area contributed by atoms with Crippen molar-refractivity contribution < 1.29 is 8.42 Å². The van der Waals surface area contributed by atoms with Gasteiger partial charge in [-0.2, -0.15) is 5.26 Å². The molecule has 0 fully saturated rings. The van der Waals surface area contributed by atoms with Crippen LogP contribution in [0.4, 0.5) is 5.69 Å². The lowest BCUT2D eigenvalue weighted by molar-refractivity contribution is 0.603. The Morgan fingerprint density at radius 3 is 2.63 bits per heavy atom. The second-order valence-corrected chi connectivity index (χ2v) is 7.76. The first-order valence-electron chi connectivity index (χ1n) is 5.21. The van der Waals surface area contributed by atoms with Crippen molar-refractivity contribution in [3.63, 3.8) is 0 Å². The molecule has 0 amide bonds. The highest BCUT2D eigenvalue weighted by Gasteiger charge is 2.17. The highest BCUT2D eigenvalue weighted by Crippen LogP contribution is 2.25. The van der Waals surface area contributed by atoms with Gasteiger partial charge in [0.1, 0.15) is 15.2 Å². The van der Waals surface area contributed by atoms with Crippen molar-refractivity contribution in [3.05, 3.63) is 45.2 Å². The molecular weight excluding hydrogens is 348 g/mol. The SMILES string of the molecule is Cc1cc(Br)cc(NS(=O)(=O)c2ccc(C#N)s2)c1. The fourth-order valence-corrected chi connectivity index (χ4v) is 4.28. The van der Waals surface area contributed by atoms with E-state index in [-0.39, 0.29) is 4.21 Å². The monoisotopic (exact) mass is 356 g/mol. The van der Waals surface area contributed by atoms with Crippen molar-refractivity contribution in [2.75, 3.05) is 4.72 Å². The predicted molar refractivity (Wildman–Crippen MR) is 78.7 cm³/mol. The van der Waals surface area contributed by atoms with E-state index in [0.717, 1.165) is 21.4 Å². The van der Waals surface area contributed by atoms with Crippen LogP contribution in [-0.2, 0) is 10.0 Å². The minimum atomic E-state index is -3.64. The van der Waals surface area contributed by atoms with Gasteiger partial charge in [0, 0.05) is 4.47 Å². The number of benzene rings is 1. The Morgan fingerprint density at radius 2 is 2.05 bits per heavy atom. The van der Waals surface area contributed by atoms with Crippen molar-refractivity contribution in [1.29, 1.82) is 5.26 Å². The lowest BCUT2D eigenvalue weighted by atomic mass is 10.2. The molecule has 0 saturated heterocycles. The summed E-state index contributed by atoms with van der Waals surface area (Å²) in [5.41, 5.74) is 1.43. The standard InChI is InChI=1S/C12H9BrN2O2S2/c1-8-4-9(13)6-10(5-8)15-19(16,17)12-3-2-11(7-14)18-12/h2-6,15H,1H3. The average molecular weight is 357 g/mol. The number of nitriles is 1. The number of thiophene rings is 1. The van der Waals surface area contributed by atoms with E-state index in [1.807, 2.05) is 19.1 Å². The topological polar surface area (TPSA) is 70.0 Å². The molecule has 1 heterocycles. The summed E-state index contributed by atoms with van der Waals surface area (Å²) in [6.07, 6.45) is 0. The summed E-state index contributed by atoms with van der Waals surface area (Å²) in [5, 5.41) is 8.72. The summed E-state index contributed by atoms with van der Waals surface area (Å²) >= 11 is 4.26. The van der Waals surface area contributed by atoms with Crippen LogP contribution in [-0.4, -0.2) is 8.42 Å². The Labute approximate surface area is 123 Å². The number of nitrogens with zero attached hydrogens (tertiary/aromatic N) is 1. The van der Waals surface area contributed by atoms with Crippen LogP contribution in [0.25, 0.3) is 0 Å². The van der Waals surface area contributed by atoms with Gasteiger partial charge in [-0.3, -0.25) is 4.72 Å². The molecule has 0 aliphatic heterocycles. The summed E-state index contributed by atoms with van der Waals surface area (Å²) in [7, 11) is -3.64. The maximum atomic E-state index is 12.1. The molecule has 1 aromatic heterocycles. The summed E-state index contributed by atoms with van der Waals surface area (Å²) in [6.45, 7) is 1.88. The molecule has 2 aromatic rings. The van der Waals surface area contributed by atoms with Gasteiger partial charge in [-0.1, -0.05) is 15.9 Å². The molecule has 0 spiro atoms. The Kier molecular flexibility index (Phi) is 3.94. The normalized spacial score (nSPS) is 11.0. The van der Waals surface area contributed by atoms with Crippen LogP contribution in [0.15, 0.2) is 39.0 Å². The number of anilines is 1. The number of rotatable bonds is 3. The van der Waals surface area contributed by atoms with Gasteiger partial charge in [-0.15, -0.1) is 11.3 Å². The van der Waals surface area contributed by atoms with Crippen molar-refractivity contribution in [2.45, 2.75) is 11.1 Å². The van der Waals surface area contributed by atoms with Crippen LogP contribution in [0.3, 0.4) is 0 Å². The highest BCUT2D eigenvalue weighted by molar-refractivity contribution is 9.10. The number of hydrogen-bond donors (Lipinski definition) is 1. The number of aryl methyl sites for hydroxylation is 1. The van der Waals surface area contributed by atoms with Gasteiger partial charge in [-0.05, 0) is 42.8 Å². The van der Waals surface area contributed by atoms with E-state index in [4.69, 9.17) is 5.26 Å². The van der Waals surface area contributed by atoms with E-state index in [0.29, 0.717) is 10.6 Å². The first-order chi connectivity index (χ1) is 8.90. The van der Waals surface area contributed by atoms with Crippen molar-refractivity contribution >= 4 is 43.0 Å². The third kappa shape index (κ3) is 3.35. The van der Waals surface area contributed by atoms with Crippen LogP contribution in [0.2, 0.25) is 0 Å². The fourth-order valence-electron chi connectivity index (χ4n) is 1.53. The molecule has 2 rings (SSSR count). The summed E-state index contributed by atoms with van der Waals surface area (Å²) < 4.78 is 27.7. The molecule has 1 N–H and O–H groups in total. The van der Waals surface area contributed by atoms with E-state index in [2.05, 4.69) is 20.7 Å². The lowest BCUT2D eigenvalue weighted by Crippen LogP contribution is -2.11. The van der Waals surface area contributed by atoms with Gasteiger partial charge in [0.2, 0.25) is 0 Å². The molecule has 0 aliphatic carbocycles. The van der Waals surface area contributed by atoms with E-state index in [1.165, 1.54) is 12.1 Å². The lowest BCUT2D eigenvalue weighted by Gasteiger charge is -2.07. The quantitative estimate of drug-likeness (QED) is 0.914. The smallest absolute Gasteiger partial charge is 0.271 e. The molecule has 0 atom stereocenters. The first-order valence-corrected chi connectivity index (χ1v) is 8.30. The molecule has 98 valence electrons. The van der Waals surface area contributed by atoms with Crippen molar-refractivity contribution in [2.24, 2.45) is 0 Å². The maximum Gasteiger partial charge on any atom is 0.271 e. The predicted octanol–water partition coefficient (Wildman–Crippen LogP) is 3.49. The van der Waals surface area contributed by atoms with Crippen LogP contribution in [0.1, 0.15) is 10.4 Å². The molecule has 1 aromatic carbocycles. The van der Waals surface area contributed by atoms with Gasteiger partial charge in [0.05, 0.1) is 5.69 Å². The summed E-state index contributed by atoms with van der Waals surface area (Å²) in [6, 6.07) is 10.1. The molecule has 0 unspecified atom stereocenters. The van der Waals surface area contributed by atoms with Crippen molar-refractivity contribution in [1.82, 2.24) is 0 Å². The van der Waals surface area contributed by atoms with Crippen molar-refractivity contribution in [3.8, 4) is 6.07 Å². The molecule has 0 saturated carbocycles. The van der Waals surface area contributed by atoms with Crippen LogP contribution in [0, 0.1) is 18.3 Å². The van der Waals surface area contributed by atoms with Crippen LogP contribution < -0.4 is 4.72 Å². The maximum absolute atomic E-state index is 12.1. The first kappa shape index (κ1) is 14.1. The highest BCUT2D eigenvalue weighted by atomic mass is 79.9. The molecule has 0 radical (unpaired) electrons. The second kappa shape index (κ2) is 5.33. The molecule has 0 bridgehead atoms. The van der Waals surface area contributed by atoms with Gasteiger partial charge in [0.15, 0.2) is 0 Å². The molecule has 7 heteroatoms. The Morgan fingerprint density at radius 1 is 1.32 bits per heavy atom.